The van der Waals surface area contributed by atoms with E-state index in [9.17, 15) is 4.79 Å². The van der Waals surface area contributed by atoms with Gasteiger partial charge >= 0.3 is 0 Å². The van der Waals surface area contributed by atoms with Gasteiger partial charge in [-0.15, -0.1) is 0 Å². The molecule has 0 saturated heterocycles. The lowest BCUT2D eigenvalue weighted by atomic mass is 10.1. The minimum absolute atomic E-state index is 0.0442. The largest absolute Gasteiger partial charge is 0.289 e. The van der Waals surface area contributed by atoms with Crippen LogP contribution >= 0.6 is 11.6 Å². The van der Waals surface area contributed by atoms with Crippen LogP contribution in [0.2, 0.25) is 5.02 Å². The zero-order valence-corrected chi connectivity index (χ0v) is 9.63. The SMILES string of the molecule is CCCCC=CC(=O)c1ccc(Cl)cc1. The molecule has 0 heterocycles. The van der Waals surface area contributed by atoms with Gasteiger partial charge in [-0.3, -0.25) is 4.79 Å². The fourth-order valence-electron chi connectivity index (χ4n) is 1.22. The van der Waals surface area contributed by atoms with Crippen LogP contribution in [-0.4, -0.2) is 5.78 Å². The summed E-state index contributed by atoms with van der Waals surface area (Å²) >= 11 is 5.73. The Morgan fingerprint density at radius 2 is 2.00 bits per heavy atom. The molecular formula is C13H15ClO. The first-order chi connectivity index (χ1) is 7.24. The van der Waals surface area contributed by atoms with Crippen molar-refractivity contribution in [2.45, 2.75) is 26.2 Å². The summed E-state index contributed by atoms with van der Waals surface area (Å²) in [5, 5.41) is 0.654. The van der Waals surface area contributed by atoms with E-state index in [-0.39, 0.29) is 5.78 Å². The van der Waals surface area contributed by atoms with E-state index in [1.807, 2.05) is 6.08 Å². The molecule has 0 spiro atoms. The lowest BCUT2D eigenvalue weighted by Crippen LogP contribution is -1.92. The third-order valence-corrected chi connectivity index (χ3v) is 2.37. The average molecular weight is 223 g/mol. The van der Waals surface area contributed by atoms with Crippen LogP contribution in [0.5, 0.6) is 0 Å². The standard InChI is InChI=1S/C13H15ClO/c1-2-3-4-5-6-13(15)11-7-9-12(14)10-8-11/h5-10H,2-4H2,1H3. The van der Waals surface area contributed by atoms with Gasteiger partial charge in [0, 0.05) is 10.6 Å². The Morgan fingerprint density at radius 3 is 2.60 bits per heavy atom. The monoisotopic (exact) mass is 222 g/mol. The molecular weight excluding hydrogens is 208 g/mol. The molecule has 0 radical (unpaired) electrons. The van der Waals surface area contributed by atoms with E-state index < -0.39 is 0 Å². The number of hydrogen-bond acceptors (Lipinski definition) is 1. The summed E-state index contributed by atoms with van der Waals surface area (Å²) < 4.78 is 0. The van der Waals surface area contributed by atoms with Crippen LogP contribution in [0.25, 0.3) is 0 Å². The van der Waals surface area contributed by atoms with Crippen molar-refractivity contribution in [3.63, 3.8) is 0 Å². The molecule has 80 valence electrons. The van der Waals surface area contributed by atoms with Crippen molar-refractivity contribution in [2.75, 3.05) is 0 Å². The van der Waals surface area contributed by atoms with Crippen LogP contribution in [0, 0.1) is 0 Å². The van der Waals surface area contributed by atoms with E-state index in [1.165, 1.54) is 0 Å². The van der Waals surface area contributed by atoms with Crippen LogP contribution in [0.4, 0.5) is 0 Å². The van der Waals surface area contributed by atoms with E-state index in [0.717, 1.165) is 19.3 Å². The minimum Gasteiger partial charge on any atom is -0.289 e. The molecule has 0 saturated carbocycles. The number of ketones is 1. The van der Waals surface area contributed by atoms with Crippen molar-refractivity contribution in [2.24, 2.45) is 0 Å². The van der Waals surface area contributed by atoms with E-state index in [2.05, 4.69) is 6.92 Å². The second-order valence-corrected chi connectivity index (χ2v) is 3.85. The average Bonchev–Trinajstić information content (AvgIpc) is 2.25. The van der Waals surface area contributed by atoms with E-state index in [4.69, 9.17) is 11.6 Å². The fraction of sp³-hybridized carbons (Fsp3) is 0.308. The zero-order chi connectivity index (χ0) is 11.1. The van der Waals surface area contributed by atoms with Gasteiger partial charge in [-0.2, -0.15) is 0 Å². The molecule has 15 heavy (non-hydrogen) atoms. The summed E-state index contributed by atoms with van der Waals surface area (Å²) in [5.41, 5.74) is 0.687. The topological polar surface area (TPSA) is 17.1 Å². The molecule has 0 amide bonds. The number of rotatable bonds is 5. The summed E-state index contributed by atoms with van der Waals surface area (Å²) in [7, 11) is 0. The van der Waals surface area contributed by atoms with E-state index in [0.29, 0.717) is 10.6 Å². The molecule has 1 rings (SSSR count). The first-order valence-corrected chi connectivity index (χ1v) is 5.58. The second kappa shape index (κ2) is 6.41. The van der Waals surface area contributed by atoms with Gasteiger partial charge < -0.3 is 0 Å². The highest BCUT2D eigenvalue weighted by Crippen LogP contribution is 2.10. The van der Waals surface area contributed by atoms with Crippen LogP contribution in [0.1, 0.15) is 36.5 Å². The van der Waals surface area contributed by atoms with Gasteiger partial charge in [0.2, 0.25) is 0 Å². The van der Waals surface area contributed by atoms with Gasteiger partial charge in [-0.1, -0.05) is 37.4 Å². The van der Waals surface area contributed by atoms with Gasteiger partial charge in [-0.05, 0) is 36.8 Å². The molecule has 0 bridgehead atoms. The molecule has 1 aromatic rings. The number of halogens is 1. The lowest BCUT2D eigenvalue weighted by molar-refractivity contribution is 0.104. The first-order valence-electron chi connectivity index (χ1n) is 5.20. The summed E-state index contributed by atoms with van der Waals surface area (Å²) in [5.74, 6) is 0.0442. The van der Waals surface area contributed by atoms with Crippen LogP contribution < -0.4 is 0 Å². The molecule has 0 aromatic heterocycles. The predicted molar refractivity (Wildman–Crippen MR) is 64.4 cm³/mol. The number of benzene rings is 1. The fourth-order valence-corrected chi connectivity index (χ4v) is 1.35. The smallest absolute Gasteiger partial charge is 0.185 e. The van der Waals surface area contributed by atoms with Crippen molar-refractivity contribution in [3.05, 3.63) is 47.0 Å². The highest BCUT2D eigenvalue weighted by Gasteiger charge is 1.99. The Labute approximate surface area is 95.8 Å². The Balaban J connectivity index is 2.53. The van der Waals surface area contributed by atoms with Crippen LogP contribution in [0.3, 0.4) is 0 Å². The normalized spacial score (nSPS) is 10.8. The Kier molecular flexibility index (Phi) is 5.13. The van der Waals surface area contributed by atoms with Crippen molar-refractivity contribution in [3.8, 4) is 0 Å². The first kappa shape index (κ1) is 12.0. The number of carbonyl (C=O) groups is 1. The maximum atomic E-state index is 11.6. The summed E-state index contributed by atoms with van der Waals surface area (Å²) in [6, 6.07) is 6.95. The number of carbonyl (C=O) groups excluding carboxylic acids is 1. The van der Waals surface area contributed by atoms with Gasteiger partial charge in [0.05, 0.1) is 0 Å². The van der Waals surface area contributed by atoms with Gasteiger partial charge in [0.1, 0.15) is 0 Å². The van der Waals surface area contributed by atoms with Gasteiger partial charge in [0.25, 0.3) is 0 Å². The third-order valence-electron chi connectivity index (χ3n) is 2.12. The van der Waals surface area contributed by atoms with Crippen molar-refractivity contribution >= 4 is 17.4 Å². The van der Waals surface area contributed by atoms with E-state index in [1.54, 1.807) is 30.3 Å². The molecule has 0 N–H and O–H groups in total. The van der Waals surface area contributed by atoms with Crippen LogP contribution in [-0.2, 0) is 0 Å². The highest BCUT2D eigenvalue weighted by atomic mass is 35.5. The van der Waals surface area contributed by atoms with Gasteiger partial charge in [-0.25, -0.2) is 0 Å². The molecule has 0 unspecified atom stereocenters. The van der Waals surface area contributed by atoms with Crippen LogP contribution in [0.15, 0.2) is 36.4 Å². The second-order valence-electron chi connectivity index (χ2n) is 3.42. The Hall–Kier alpha value is -1.08. The highest BCUT2D eigenvalue weighted by molar-refractivity contribution is 6.30. The minimum atomic E-state index is 0.0442. The zero-order valence-electron chi connectivity index (χ0n) is 8.87. The predicted octanol–water partition coefficient (Wildman–Crippen LogP) is 4.27. The van der Waals surface area contributed by atoms with Gasteiger partial charge in [0.15, 0.2) is 5.78 Å². The molecule has 1 nitrogen and oxygen atoms in total. The maximum Gasteiger partial charge on any atom is 0.185 e. The van der Waals surface area contributed by atoms with Crippen molar-refractivity contribution in [1.29, 1.82) is 0 Å². The summed E-state index contributed by atoms with van der Waals surface area (Å²) in [6.07, 6.45) is 6.82. The molecule has 0 aliphatic heterocycles. The molecule has 0 atom stereocenters. The molecule has 0 aliphatic carbocycles. The number of unbranched alkanes of at least 4 members (excludes halogenated alkanes) is 2. The molecule has 0 aliphatic rings. The van der Waals surface area contributed by atoms with E-state index >= 15 is 0 Å². The third kappa shape index (κ3) is 4.30. The number of allylic oxidation sites excluding steroid dienone is 2. The Morgan fingerprint density at radius 1 is 1.33 bits per heavy atom. The summed E-state index contributed by atoms with van der Waals surface area (Å²) in [4.78, 5) is 11.6. The quantitative estimate of drug-likeness (QED) is 0.413. The number of hydrogen-bond donors (Lipinski definition) is 0. The lowest BCUT2D eigenvalue weighted by Gasteiger charge is -1.95. The Bertz CT molecular complexity index is 338. The molecule has 1 aromatic carbocycles. The van der Waals surface area contributed by atoms with Crippen molar-refractivity contribution in [1.82, 2.24) is 0 Å². The molecule has 2 heteroatoms. The molecule has 0 fully saturated rings. The summed E-state index contributed by atoms with van der Waals surface area (Å²) in [6.45, 7) is 2.13. The maximum absolute atomic E-state index is 11.6. The van der Waals surface area contributed by atoms with Crippen molar-refractivity contribution < 1.29 is 4.79 Å².